The molecule has 0 saturated heterocycles. The lowest BCUT2D eigenvalue weighted by Gasteiger charge is -2.16. The van der Waals surface area contributed by atoms with E-state index >= 15 is 0 Å². The molecule has 0 aliphatic carbocycles. The Morgan fingerprint density at radius 3 is 2.96 bits per heavy atom. The van der Waals surface area contributed by atoms with Gasteiger partial charge in [0, 0.05) is 25.1 Å². The fourth-order valence-corrected chi connectivity index (χ4v) is 3.40. The van der Waals surface area contributed by atoms with E-state index in [1.807, 2.05) is 31.7 Å². The van der Waals surface area contributed by atoms with Gasteiger partial charge in [0.2, 0.25) is 0 Å². The molecule has 0 amide bonds. The number of esters is 1. The lowest BCUT2D eigenvalue weighted by atomic mass is 10.3. The fourth-order valence-electron chi connectivity index (χ4n) is 1.86. The molecule has 1 aromatic heterocycles. The molecule has 0 aliphatic heterocycles. The normalized spacial score (nSPS) is 12.6. The first-order valence-electron chi connectivity index (χ1n) is 7.83. The number of nitrogens with one attached hydrogen (secondary N) is 2. The summed E-state index contributed by atoms with van der Waals surface area (Å²) in [5.74, 6) is 2.32. The van der Waals surface area contributed by atoms with Gasteiger partial charge in [-0.15, -0.1) is 17.9 Å². The number of rotatable bonds is 9. The van der Waals surface area contributed by atoms with Crippen molar-refractivity contribution in [2.24, 2.45) is 4.99 Å². The van der Waals surface area contributed by atoms with Crippen molar-refractivity contribution < 1.29 is 9.53 Å². The van der Waals surface area contributed by atoms with Crippen LogP contribution in [0.5, 0.6) is 0 Å². The van der Waals surface area contributed by atoms with E-state index in [0.29, 0.717) is 23.1 Å². The van der Waals surface area contributed by atoms with E-state index in [1.54, 1.807) is 14.0 Å². The third-order valence-electron chi connectivity index (χ3n) is 3.00. The highest BCUT2D eigenvalue weighted by Gasteiger charge is 2.19. The number of thiazole rings is 1. The zero-order valence-corrected chi connectivity index (χ0v) is 16.4. The van der Waals surface area contributed by atoms with Gasteiger partial charge >= 0.3 is 5.97 Å². The molecule has 1 aromatic rings. The molecule has 24 heavy (non-hydrogen) atoms. The summed E-state index contributed by atoms with van der Waals surface area (Å²) in [7, 11) is 1.73. The van der Waals surface area contributed by atoms with Crippen LogP contribution in [0.3, 0.4) is 0 Å². The van der Waals surface area contributed by atoms with Gasteiger partial charge in [-0.05, 0) is 20.8 Å². The van der Waals surface area contributed by atoms with E-state index in [9.17, 15) is 4.79 Å². The van der Waals surface area contributed by atoms with Crippen molar-refractivity contribution >= 4 is 35.0 Å². The smallest absolute Gasteiger partial charge is 0.350 e. The minimum atomic E-state index is -0.312. The van der Waals surface area contributed by atoms with Crippen LogP contribution >= 0.6 is 23.1 Å². The summed E-state index contributed by atoms with van der Waals surface area (Å²) in [6, 6.07) is -0.0519. The summed E-state index contributed by atoms with van der Waals surface area (Å²) < 4.78 is 5.06. The van der Waals surface area contributed by atoms with Gasteiger partial charge < -0.3 is 15.4 Å². The Balaban J connectivity index is 2.59. The van der Waals surface area contributed by atoms with Crippen LogP contribution in [0.4, 0.5) is 0 Å². The van der Waals surface area contributed by atoms with E-state index in [2.05, 4.69) is 27.2 Å². The minimum absolute atomic E-state index is 0.0519. The molecule has 0 aromatic carbocycles. The van der Waals surface area contributed by atoms with E-state index in [1.165, 1.54) is 11.3 Å². The van der Waals surface area contributed by atoms with Crippen molar-refractivity contribution in [2.45, 2.75) is 26.8 Å². The third kappa shape index (κ3) is 6.52. The van der Waals surface area contributed by atoms with Crippen molar-refractivity contribution in [3.05, 3.63) is 28.2 Å². The summed E-state index contributed by atoms with van der Waals surface area (Å²) in [6.07, 6.45) is 1.89. The number of carbonyl (C=O) groups excluding carboxylic acids is 1. The molecule has 0 spiro atoms. The van der Waals surface area contributed by atoms with Crippen LogP contribution in [0.25, 0.3) is 0 Å². The predicted molar refractivity (Wildman–Crippen MR) is 103 cm³/mol. The molecule has 0 fully saturated rings. The fraction of sp³-hybridized carbons (Fsp3) is 0.562. The highest BCUT2D eigenvalue weighted by atomic mass is 32.2. The van der Waals surface area contributed by atoms with Gasteiger partial charge in [-0.25, -0.2) is 9.78 Å². The molecular weight excluding hydrogens is 344 g/mol. The van der Waals surface area contributed by atoms with Crippen LogP contribution < -0.4 is 10.6 Å². The van der Waals surface area contributed by atoms with E-state index in [4.69, 9.17) is 4.74 Å². The molecule has 6 nitrogen and oxygen atoms in total. The number of hydrogen-bond acceptors (Lipinski definition) is 6. The van der Waals surface area contributed by atoms with Crippen molar-refractivity contribution in [1.82, 2.24) is 15.6 Å². The second-order valence-electron chi connectivity index (χ2n) is 4.92. The highest BCUT2D eigenvalue weighted by Crippen LogP contribution is 2.24. The molecule has 2 N–H and O–H groups in total. The Hall–Kier alpha value is -1.54. The number of thioether (sulfide) groups is 1. The molecule has 0 aliphatic rings. The predicted octanol–water partition coefficient (Wildman–Crippen LogP) is 2.77. The molecule has 0 saturated carbocycles. The SMILES string of the molecule is C=CCSCCNC(=NC)NC(C)c1nc(C)c(C(=O)OCC)s1. The number of hydrogen-bond donors (Lipinski definition) is 2. The molecular formula is C16H26N4O2S2. The Kier molecular flexibility index (Phi) is 9.48. The number of carbonyl (C=O) groups is 1. The average molecular weight is 371 g/mol. The molecule has 1 atom stereocenters. The maximum atomic E-state index is 11.9. The summed E-state index contributed by atoms with van der Waals surface area (Å²) in [5.41, 5.74) is 0.700. The average Bonchev–Trinajstić information content (AvgIpc) is 2.95. The van der Waals surface area contributed by atoms with Crippen LogP contribution in [0.2, 0.25) is 0 Å². The molecule has 8 heteroatoms. The van der Waals surface area contributed by atoms with Gasteiger partial charge in [0.1, 0.15) is 9.88 Å². The molecule has 0 radical (unpaired) electrons. The number of aliphatic imine (C=N–C) groups is 1. The first-order valence-corrected chi connectivity index (χ1v) is 9.80. The standard InChI is InChI=1S/C16H26N4O2S2/c1-6-9-23-10-8-18-16(17-5)20-12(4)14-19-11(3)13(24-14)15(21)22-7-2/h6,12H,1,7-10H2,2-5H3,(H2,17,18,20). The van der Waals surface area contributed by atoms with Crippen LogP contribution in [-0.4, -0.2) is 48.6 Å². The molecule has 1 unspecified atom stereocenters. The quantitative estimate of drug-likeness (QED) is 0.229. The second-order valence-corrected chi connectivity index (χ2v) is 7.10. The zero-order valence-electron chi connectivity index (χ0n) is 14.7. The van der Waals surface area contributed by atoms with Crippen molar-refractivity contribution in [3.63, 3.8) is 0 Å². The zero-order chi connectivity index (χ0) is 17.9. The molecule has 0 bridgehead atoms. The lowest BCUT2D eigenvalue weighted by molar-refractivity contribution is 0.0531. The first-order chi connectivity index (χ1) is 11.5. The van der Waals surface area contributed by atoms with E-state index in [0.717, 1.165) is 23.1 Å². The number of aryl methyl sites for hydroxylation is 1. The summed E-state index contributed by atoms with van der Waals surface area (Å²) in [5, 5.41) is 7.39. The number of guanidine groups is 1. The Labute approximate surface area is 152 Å². The first kappa shape index (κ1) is 20.5. The largest absolute Gasteiger partial charge is 0.462 e. The van der Waals surface area contributed by atoms with Crippen LogP contribution in [0, 0.1) is 6.92 Å². The van der Waals surface area contributed by atoms with Gasteiger partial charge in [-0.1, -0.05) is 6.08 Å². The molecule has 1 heterocycles. The topological polar surface area (TPSA) is 75.6 Å². The summed E-state index contributed by atoms with van der Waals surface area (Å²) >= 11 is 3.17. The van der Waals surface area contributed by atoms with Crippen LogP contribution in [-0.2, 0) is 4.74 Å². The number of aromatic nitrogens is 1. The van der Waals surface area contributed by atoms with E-state index < -0.39 is 0 Å². The summed E-state index contributed by atoms with van der Waals surface area (Å²) in [6.45, 7) is 10.5. The Morgan fingerprint density at radius 2 is 2.33 bits per heavy atom. The van der Waals surface area contributed by atoms with Gasteiger partial charge in [-0.3, -0.25) is 4.99 Å². The minimum Gasteiger partial charge on any atom is -0.462 e. The maximum Gasteiger partial charge on any atom is 0.350 e. The van der Waals surface area contributed by atoms with Gasteiger partial charge in [0.05, 0.1) is 18.3 Å². The number of ether oxygens (including phenoxy) is 1. The van der Waals surface area contributed by atoms with Crippen molar-refractivity contribution in [3.8, 4) is 0 Å². The Morgan fingerprint density at radius 1 is 1.58 bits per heavy atom. The van der Waals surface area contributed by atoms with Gasteiger partial charge in [-0.2, -0.15) is 11.8 Å². The molecule has 1 rings (SSSR count). The maximum absolute atomic E-state index is 11.9. The lowest BCUT2D eigenvalue weighted by Crippen LogP contribution is -2.39. The monoisotopic (exact) mass is 370 g/mol. The molecule has 134 valence electrons. The third-order valence-corrected chi connectivity index (χ3v) is 5.28. The second kappa shape index (κ2) is 11.1. The van der Waals surface area contributed by atoms with Gasteiger partial charge in [0.25, 0.3) is 0 Å². The van der Waals surface area contributed by atoms with Crippen molar-refractivity contribution in [1.29, 1.82) is 0 Å². The van der Waals surface area contributed by atoms with Crippen LogP contribution in [0.15, 0.2) is 17.6 Å². The van der Waals surface area contributed by atoms with Crippen molar-refractivity contribution in [2.75, 3.05) is 31.7 Å². The summed E-state index contributed by atoms with van der Waals surface area (Å²) in [4.78, 5) is 21.1. The van der Waals surface area contributed by atoms with Gasteiger partial charge in [0.15, 0.2) is 5.96 Å². The van der Waals surface area contributed by atoms with Crippen LogP contribution in [0.1, 0.15) is 40.3 Å². The highest BCUT2D eigenvalue weighted by molar-refractivity contribution is 7.99. The Bertz CT molecular complexity index is 572. The number of nitrogens with zero attached hydrogens (tertiary/aromatic N) is 2. The van der Waals surface area contributed by atoms with E-state index in [-0.39, 0.29) is 12.0 Å².